The molecule has 0 saturated heterocycles. The van der Waals surface area contributed by atoms with Crippen LogP contribution in [0.3, 0.4) is 0 Å². The van der Waals surface area contributed by atoms with Gasteiger partial charge in [-0.3, -0.25) is 4.79 Å². The summed E-state index contributed by atoms with van der Waals surface area (Å²) < 4.78 is 46.9. The molecular weight excluding hydrogens is 517 g/mol. The number of nitrogens with zero attached hydrogens (tertiary/aromatic N) is 6. The molecule has 2 heterocycles. The number of rotatable bonds is 8. The van der Waals surface area contributed by atoms with Crippen molar-refractivity contribution in [3.05, 3.63) is 88.9 Å². The highest BCUT2D eigenvalue weighted by molar-refractivity contribution is 6.09. The molecule has 202 valence electrons. The van der Waals surface area contributed by atoms with Crippen molar-refractivity contribution in [2.75, 3.05) is 4.90 Å². The van der Waals surface area contributed by atoms with Crippen LogP contribution >= 0.6 is 0 Å². The molecule has 0 saturated carbocycles. The normalized spacial score (nSPS) is 11.5. The molecule has 0 atom stereocenters. The number of alkyl halides is 3. The van der Waals surface area contributed by atoms with Crippen LogP contribution in [0.25, 0.3) is 0 Å². The zero-order chi connectivity index (χ0) is 28.3. The lowest BCUT2D eigenvalue weighted by atomic mass is 10.1. The van der Waals surface area contributed by atoms with Crippen molar-refractivity contribution in [3.8, 4) is 11.6 Å². The van der Waals surface area contributed by atoms with Gasteiger partial charge in [-0.15, -0.1) is 10.2 Å². The van der Waals surface area contributed by atoms with Crippen LogP contribution in [-0.2, 0) is 12.7 Å². The number of hydrogen-bond acceptors (Lipinski definition) is 7. The summed E-state index contributed by atoms with van der Waals surface area (Å²) in [6.07, 6.45) is -2.51. The molecule has 39 heavy (non-hydrogen) atoms. The van der Waals surface area contributed by atoms with Gasteiger partial charge in [0.25, 0.3) is 5.91 Å². The van der Waals surface area contributed by atoms with Gasteiger partial charge in [0.15, 0.2) is 6.33 Å². The summed E-state index contributed by atoms with van der Waals surface area (Å²) in [6, 6.07) is 10.9. The quantitative estimate of drug-likeness (QED) is 0.332. The van der Waals surface area contributed by atoms with Gasteiger partial charge in [0.05, 0.1) is 17.8 Å². The van der Waals surface area contributed by atoms with Gasteiger partial charge in [0.2, 0.25) is 5.88 Å². The second kappa shape index (κ2) is 10.9. The monoisotopic (exact) mass is 540 g/mol. The van der Waals surface area contributed by atoms with Crippen LogP contribution in [0, 0.1) is 6.92 Å². The van der Waals surface area contributed by atoms with E-state index in [0.717, 1.165) is 28.8 Å². The van der Waals surface area contributed by atoms with E-state index in [4.69, 9.17) is 4.74 Å². The molecule has 13 heteroatoms. The molecule has 10 nitrogen and oxygen atoms in total. The Kier molecular flexibility index (Phi) is 7.61. The lowest BCUT2D eigenvalue weighted by molar-refractivity contribution is -0.139. The molecule has 0 bridgehead atoms. The first kappa shape index (κ1) is 27.2. The van der Waals surface area contributed by atoms with Gasteiger partial charge in [0, 0.05) is 17.8 Å². The first-order valence-corrected chi connectivity index (χ1v) is 11.7. The molecule has 2 aromatic carbocycles. The number of carbonyl (C=O) groups excluding carboxylic acids is 1. The zero-order valence-corrected chi connectivity index (χ0v) is 21.0. The molecule has 0 aliphatic rings. The third kappa shape index (κ3) is 6.20. The van der Waals surface area contributed by atoms with Crippen LogP contribution in [0.1, 0.15) is 51.3 Å². The van der Waals surface area contributed by atoms with Gasteiger partial charge in [-0.05, 0) is 67.9 Å². The second-order valence-corrected chi connectivity index (χ2v) is 8.88. The molecule has 0 aliphatic heterocycles. The first-order chi connectivity index (χ1) is 18.4. The van der Waals surface area contributed by atoms with Crippen LogP contribution in [0.15, 0.2) is 61.1 Å². The van der Waals surface area contributed by atoms with Crippen LogP contribution < -0.4 is 9.64 Å². The minimum atomic E-state index is -4.82. The van der Waals surface area contributed by atoms with Crippen molar-refractivity contribution in [2.45, 2.75) is 39.5 Å². The third-order valence-corrected chi connectivity index (χ3v) is 5.63. The fourth-order valence-electron chi connectivity index (χ4n) is 3.82. The summed E-state index contributed by atoms with van der Waals surface area (Å²) in [6.45, 7) is 5.21. The van der Waals surface area contributed by atoms with E-state index >= 15 is 0 Å². The molecule has 4 rings (SSSR count). The van der Waals surface area contributed by atoms with Gasteiger partial charge in [-0.25, -0.2) is 9.78 Å². The van der Waals surface area contributed by atoms with Crippen molar-refractivity contribution in [2.24, 2.45) is 0 Å². The van der Waals surface area contributed by atoms with Crippen molar-refractivity contribution in [3.63, 3.8) is 0 Å². The van der Waals surface area contributed by atoms with E-state index in [1.54, 1.807) is 38.1 Å². The Morgan fingerprint density at radius 3 is 2.41 bits per heavy atom. The molecule has 1 amide bonds. The van der Waals surface area contributed by atoms with E-state index in [-0.39, 0.29) is 29.1 Å². The first-order valence-electron chi connectivity index (χ1n) is 11.7. The Morgan fingerprint density at radius 2 is 1.82 bits per heavy atom. The molecule has 0 unspecified atom stereocenters. The number of benzene rings is 2. The minimum absolute atomic E-state index is 0.0649. The van der Waals surface area contributed by atoms with E-state index in [0.29, 0.717) is 5.56 Å². The van der Waals surface area contributed by atoms with Crippen LogP contribution in [-0.4, -0.2) is 48.2 Å². The largest absolute Gasteiger partial charge is 0.478 e. The number of aryl methyl sites for hydroxylation is 1. The smallest absolute Gasteiger partial charge is 0.421 e. The van der Waals surface area contributed by atoms with Gasteiger partial charge < -0.3 is 14.7 Å². The number of carboxylic acid groups (broad SMARTS) is 1. The Labute approximate surface area is 220 Å². The summed E-state index contributed by atoms with van der Waals surface area (Å²) in [4.78, 5) is 31.7. The fourth-order valence-corrected chi connectivity index (χ4v) is 3.82. The summed E-state index contributed by atoms with van der Waals surface area (Å²) in [7, 11) is 0. The molecule has 1 N–H and O–H groups in total. The number of hydrogen-bond donors (Lipinski definition) is 1. The highest BCUT2D eigenvalue weighted by atomic mass is 19.4. The number of aromatic carboxylic acids is 1. The van der Waals surface area contributed by atoms with Gasteiger partial charge in [-0.1, -0.05) is 17.7 Å². The number of carbonyl (C=O) groups is 2. The molecular formula is C26H23F3N6O4. The summed E-state index contributed by atoms with van der Waals surface area (Å²) in [5, 5.41) is 20.8. The number of tetrazole rings is 1. The number of ether oxygens (including phenoxy) is 1. The summed E-state index contributed by atoms with van der Waals surface area (Å²) >= 11 is 0. The van der Waals surface area contributed by atoms with Gasteiger partial charge in [-0.2, -0.15) is 18.0 Å². The summed E-state index contributed by atoms with van der Waals surface area (Å²) in [5.74, 6) is -2.79. The van der Waals surface area contributed by atoms with Crippen LogP contribution in [0.5, 0.6) is 11.6 Å². The lowest BCUT2D eigenvalue weighted by Gasteiger charge is -2.28. The van der Waals surface area contributed by atoms with Gasteiger partial charge >= 0.3 is 12.1 Å². The number of halogens is 3. The van der Waals surface area contributed by atoms with Crippen molar-refractivity contribution < 1.29 is 32.6 Å². The minimum Gasteiger partial charge on any atom is -0.478 e. The van der Waals surface area contributed by atoms with E-state index in [2.05, 4.69) is 20.4 Å². The molecule has 0 aliphatic carbocycles. The maximum absolute atomic E-state index is 13.8. The number of anilines is 1. The highest BCUT2D eigenvalue weighted by Gasteiger charge is 2.36. The van der Waals surface area contributed by atoms with E-state index in [1.807, 2.05) is 6.92 Å². The number of amides is 1. The van der Waals surface area contributed by atoms with Crippen LogP contribution in [0.2, 0.25) is 0 Å². The average molecular weight is 541 g/mol. The molecule has 2 aromatic heterocycles. The maximum Gasteiger partial charge on any atom is 0.421 e. The Balaban J connectivity index is 1.69. The van der Waals surface area contributed by atoms with E-state index < -0.39 is 35.5 Å². The predicted molar refractivity (Wildman–Crippen MR) is 133 cm³/mol. The standard InChI is InChI=1S/C26H23F3N6O4/c1-15(2)35(24(36)18-6-4-16(3)5-7-18)22-9-8-19(11-20(22)25(37)38)39-23-21(26(27,28)29)10-17(12-30-23)13-34-32-14-31-33-34/h4-12,14-15H,13H2,1-3H3,(H,37,38). The number of aromatic nitrogens is 5. The van der Waals surface area contributed by atoms with Gasteiger partial charge in [0.1, 0.15) is 11.3 Å². The number of carboxylic acids is 1. The predicted octanol–water partition coefficient (Wildman–Crippen LogP) is 4.99. The SMILES string of the molecule is Cc1ccc(C(=O)N(c2ccc(Oc3ncc(Cn4ncnn4)cc3C(F)(F)F)cc2C(=O)O)C(C)C)cc1. The Morgan fingerprint density at radius 1 is 1.10 bits per heavy atom. The Hall–Kier alpha value is -4.81. The topological polar surface area (TPSA) is 123 Å². The third-order valence-electron chi connectivity index (χ3n) is 5.63. The highest BCUT2D eigenvalue weighted by Crippen LogP contribution is 2.38. The zero-order valence-electron chi connectivity index (χ0n) is 21.0. The maximum atomic E-state index is 13.8. The molecule has 0 radical (unpaired) electrons. The van der Waals surface area contributed by atoms with E-state index in [9.17, 15) is 27.9 Å². The van der Waals surface area contributed by atoms with Crippen LogP contribution in [0.4, 0.5) is 18.9 Å². The second-order valence-electron chi connectivity index (χ2n) is 8.88. The molecule has 0 fully saturated rings. The summed E-state index contributed by atoms with van der Waals surface area (Å²) in [5.41, 5.74) is 0.0199. The molecule has 0 spiro atoms. The van der Waals surface area contributed by atoms with Crippen molar-refractivity contribution >= 4 is 17.6 Å². The Bertz CT molecular complexity index is 1490. The van der Waals surface area contributed by atoms with Crippen molar-refractivity contribution in [1.29, 1.82) is 0 Å². The lowest BCUT2D eigenvalue weighted by Crippen LogP contribution is -2.38. The average Bonchev–Trinajstić information content (AvgIpc) is 3.38. The fraction of sp³-hybridized carbons (Fsp3) is 0.231. The molecule has 4 aromatic rings. The van der Waals surface area contributed by atoms with Crippen molar-refractivity contribution in [1.82, 2.24) is 25.2 Å². The van der Waals surface area contributed by atoms with E-state index in [1.165, 1.54) is 23.2 Å². The number of pyridine rings is 1.